The van der Waals surface area contributed by atoms with Gasteiger partial charge in [0, 0.05) is 44.5 Å². The van der Waals surface area contributed by atoms with Crippen molar-refractivity contribution in [3.63, 3.8) is 0 Å². The summed E-state index contributed by atoms with van der Waals surface area (Å²) in [7, 11) is 0. The fourth-order valence-electron chi connectivity index (χ4n) is 4.40. The van der Waals surface area contributed by atoms with Crippen LogP contribution in [0, 0.1) is 11.2 Å². The van der Waals surface area contributed by atoms with E-state index >= 15 is 0 Å². The van der Waals surface area contributed by atoms with Gasteiger partial charge >= 0.3 is 0 Å². The van der Waals surface area contributed by atoms with Crippen molar-refractivity contribution in [3.8, 4) is 0 Å². The number of allylic oxidation sites excluding steroid dienone is 2. The highest BCUT2D eigenvalue weighted by Crippen LogP contribution is 2.42. The Hall–Kier alpha value is -1.88. The molecule has 2 saturated heterocycles. The van der Waals surface area contributed by atoms with Gasteiger partial charge in [0.25, 0.3) is 0 Å². The molecule has 1 spiro atoms. The Morgan fingerprint density at radius 2 is 1.76 bits per heavy atom. The van der Waals surface area contributed by atoms with Gasteiger partial charge in [0.2, 0.25) is 5.91 Å². The van der Waals surface area contributed by atoms with Gasteiger partial charge in [-0.1, -0.05) is 12.2 Å². The van der Waals surface area contributed by atoms with Crippen molar-refractivity contribution in [1.82, 2.24) is 10.2 Å². The molecule has 0 saturated carbocycles. The summed E-state index contributed by atoms with van der Waals surface area (Å²) in [5.74, 6) is 0.0693. The monoisotopic (exact) mass is 343 g/mol. The van der Waals surface area contributed by atoms with Crippen LogP contribution in [0.2, 0.25) is 0 Å². The van der Waals surface area contributed by atoms with Gasteiger partial charge in [0.05, 0.1) is 5.41 Å². The second kappa shape index (κ2) is 6.79. The van der Waals surface area contributed by atoms with Crippen molar-refractivity contribution < 1.29 is 9.18 Å². The largest absolute Gasteiger partial charge is 0.369 e. The molecule has 0 unspecified atom stereocenters. The van der Waals surface area contributed by atoms with E-state index in [0.717, 1.165) is 64.1 Å². The summed E-state index contributed by atoms with van der Waals surface area (Å²) in [6.07, 6.45) is 8.13. The minimum Gasteiger partial charge on any atom is -0.369 e. The van der Waals surface area contributed by atoms with E-state index < -0.39 is 0 Å². The van der Waals surface area contributed by atoms with Crippen molar-refractivity contribution in [2.75, 3.05) is 37.6 Å². The Labute approximate surface area is 148 Å². The van der Waals surface area contributed by atoms with Crippen LogP contribution in [0.5, 0.6) is 0 Å². The SMILES string of the molecule is O=C1N[C@H](CCN2CCN(c3ccc(F)cc3)CC2)CC12CC=CC2. The number of halogens is 1. The third kappa shape index (κ3) is 3.43. The maximum absolute atomic E-state index is 13.0. The van der Waals surface area contributed by atoms with Crippen LogP contribution in [0.15, 0.2) is 36.4 Å². The number of carbonyl (C=O) groups is 1. The third-order valence-electron chi connectivity index (χ3n) is 6.00. The first-order chi connectivity index (χ1) is 12.1. The molecule has 0 bridgehead atoms. The lowest BCUT2D eigenvalue weighted by Gasteiger charge is -2.36. The average Bonchev–Trinajstić information content (AvgIpc) is 3.22. The molecule has 2 fully saturated rings. The van der Waals surface area contributed by atoms with Gasteiger partial charge in [-0.2, -0.15) is 0 Å². The lowest BCUT2D eigenvalue weighted by Crippen LogP contribution is -2.47. The lowest BCUT2D eigenvalue weighted by molar-refractivity contribution is -0.127. The number of piperazine rings is 1. The van der Waals surface area contributed by atoms with E-state index in [4.69, 9.17) is 0 Å². The maximum Gasteiger partial charge on any atom is 0.227 e. The minimum atomic E-state index is -0.184. The number of anilines is 1. The van der Waals surface area contributed by atoms with Crippen molar-refractivity contribution in [3.05, 3.63) is 42.2 Å². The highest BCUT2D eigenvalue weighted by atomic mass is 19.1. The minimum absolute atomic E-state index is 0.133. The van der Waals surface area contributed by atoms with Gasteiger partial charge in [-0.3, -0.25) is 9.69 Å². The molecule has 0 radical (unpaired) electrons. The summed E-state index contributed by atoms with van der Waals surface area (Å²) in [6, 6.07) is 7.08. The number of carbonyl (C=O) groups excluding carboxylic acids is 1. The molecule has 0 aromatic heterocycles. The van der Waals surface area contributed by atoms with Crippen LogP contribution in [0.25, 0.3) is 0 Å². The summed E-state index contributed by atoms with van der Waals surface area (Å²) < 4.78 is 13.0. The molecule has 1 N–H and O–H groups in total. The Morgan fingerprint density at radius 3 is 2.44 bits per heavy atom. The first-order valence-electron chi connectivity index (χ1n) is 9.33. The van der Waals surface area contributed by atoms with E-state index in [-0.39, 0.29) is 17.1 Å². The Bertz CT molecular complexity index is 641. The molecule has 134 valence electrons. The van der Waals surface area contributed by atoms with Gasteiger partial charge in [-0.15, -0.1) is 0 Å². The van der Waals surface area contributed by atoms with Gasteiger partial charge in [-0.25, -0.2) is 4.39 Å². The van der Waals surface area contributed by atoms with E-state index in [0.29, 0.717) is 6.04 Å². The van der Waals surface area contributed by atoms with Gasteiger partial charge < -0.3 is 10.2 Å². The molecular formula is C20H26FN3O. The summed E-state index contributed by atoms with van der Waals surface area (Å²) in [4.78, 5) is 17.1. The first kappa shape index (κ1) is 16.6. The van der Waals surface area contributed by atoms with Crippen LogP contribution in [0.3, 0.4) is 0 Å². The first-order valence-corrected chi connectivity index (χ1v) is 9.33. The quantitative estimate of drug-likeness (QED) is 0.854. The molecule has 1 aromatic carbocycles. The summed E-state index contributed by atoms with van der Waals surface area (Å²) >= 11 is 0. The normalized spacial score (nSPS) is 25.7. The number of nitrogens with one attached hydrogen (secondary N) is 1. The standard InChI is InChI=1S/C20H26FN3O/c21-16-3-5-18(6-4-16)24-13-11-23(12-14-24)10-7-17-15-20(19(25)22-17)8-1-2-9-20/h1-6,17H,7-15H2,(H,22,25)/t17-/m1/s1. The number of hydrogen-bond acceptors (Lipinski definition) is 3. The van der Waals surface area contributed by atoms with Crippen LogP contribution < -0.4 is 10.2 Å². The predicted molar refractivity (Wildman–Crippen MR) is 97.0 cm³/mol. The molecule has 2 heterocycles. The predicted octanol–water partition coefficient (Wildman–Crippen LogP) is 2.56. The van der Waals surface area contributed by atoms with E-state index in [1.807, 2.05) is 12.1 Å². The van der Waals surface area contributed by atoms with Gasteiger partial charge in [0.15, 0.2) is 0 Å². The van der Waals surface area contributed by atoms with E-state index in [1.54, 1.807) is 0 Å². The zero-order valence-electron chi connectivity index (χ0n) is 14.6. The highest BCUT2D eigenvalue weighted by Gasteiger charge is 2.46. The van der Waals surface area contributed by atoms with Crippen LogP contribution in [-0.4, -0.2) is 49.6 Å². The molecule has 2 aliphatic heterocycles. The van der Waals surface area contributed by atoms with Crippen molar-refractivity contribution >= 4 is 11.6 Å². The van der Waals surface area contributed by atoms with E-state index in [1.165, 1.54) is 12.1 Å². The highest BCUT2D eigenvalue weighted by molar-refractivity contribution is 5.86. The fourth-order valence-corrected chi connectivity index (χ4v) is 4.40. The summed E-state index contributed by atoms with van der Waals surface area (Å²) in [6.45, 7) is 5.01. The summed E-state index contributed by atoms with van der Waals surface area (Å²) in [5.41, 5.74) is 0.964. The second-order valence-electron chi connectivity index (χ2n) is 7.63. The third-order valence-corrected chi connectivity index (χ3v) is 6.00. The molecule has 5 heteroatoms. The molecular weight excluding hydrogens is 317 g/mol. The number of hydrogen-bond donors (Lipinski definition) is 1. The van der Waals surface area contributed by atoms with Crippen molar-refractivity contribution in [2.24, 2.45) is 5.41 Å². The lowest BCUT2D eigenvalue weighted by atomic mass is 9.82. The van der Waals surface area contributed by atoms with Gasteiger partial charge in [0.1, 0.15) is 5.82 Å². The van der Waals surface area contributed by atoms with Crippen molar-refractivity contribution in [1.29, 1.82) is 0 Å². The van der Waals surface area contributed by atoms with E-state index in [2.05, 4.69) is 27.3 Å². The maximum atomic E-state index is 13.0. The Kier molecular flexibility index (Phi) is 4.50. The fraction of sp³-hybridized carbons (Fsp3) is 0.550. The Balaban J connectivity index is 1.23. The zero-order valence-corrected chi connectivity index (χ0v) is 14.6. The van der Waals surface area contributed by atoms with Crippen LogP contribution in [0.1, 0.15) is 25.7 Å². The molecule has 25 heavy (non-hydrogen) atoms. The molecule has 1 aromatic rings. The smallest absolute Gasteiger partial charge is 0.227 e. The number of nitrogens with zero attached hydrogens (tertiary/aromatic N) is 2. The zero-order chi connectivity index (χ0) is 17.3. The summed E-state index contributed by atoms with van der Waals surface area (Å²) in [5, 5.41) is 3.21. The van der Waals surface area contributed by atoms with Crippen molar-refractivity contribution in [2.45, 2.75) is 31.7 Å². The molecule has 1 amide bonds. The molecule has 1 aliphatic carbocycles. The van der Waals surface area contributed by atoms with Crippen LogP contribution in [0.4, 0.5) is 10.1 Å². The number of amides is 1. The molecule has 3 aliphatic rings. The van der Waals surface area contributed by atoms with E-state index in [9.17, 15) is 9.18 Å². The topological polar surface area (TPSA) is 35.6 Å². The average molecular weight is 343 g/mol. The van der Waals surface area contributed by atoms with Gasteiger partial charge in [-0.05, 0) is 49.9 Å². The Morgan fingerprint density at radius 1 is 1.08 bits per heavy atom. The van der Waals surface area contributed by atoms with Crippen LogP contribution >= 0.6 is 0 Å². The molecule has 4 rings (SSSR count). The molecule has 1 atom stereocenters. The molecule has 4 nitrogen and oxygen atoms in total. The number of rotatable bonds is 4. The number of benzene rings is 1. The second-order valence-corrected chi connectivity index (χ2v) is 7.63. The van der Waals surface area contributed by atoms with Crippen LogP contribution in [-0.2, 0) is 4.79 Å².